The molecule has 0 unspecified atom stereocenters. The molecule has 1 aliphatic heterocycles. The Balaban J connectivity index is 2.06. The first-order valence-corrected chi connectivity index (χ1v) is 4.64. The van der Waals surface area contributed by atoms with Gasteiger partial charge in [-0.1, -0.05) is 0 Å². The molecule has 0 saturated carbocycles. The number of amides is 1. The lowest BCUT2D eigenvalue weighted by Crippen LogP contribution is -2.51. The molecule has 0 aliphatic carbocycles. The van der Waals surface area contributed by atoms with Crippen molar-refractivity contribution in [2.24, 2.45) is 0 Å². The number of carbonyl (C=O) groups is 1. The van der Waals surface area contributed by atoms with Crippen LogP contribution in [0.3, 0.4) is 0 Å². The standard InChI is InChI=1S/C10H11FN2O2/c1-15-9-3-2-7(4-12-9)10(14)13-5-8(11)6-13/h2-4,8H,5-6H2,1H3. The van der Waals surface area contributed by atoms with E-state index in [9.17, 15) is 9.18 Å². The molecule has 15 heavy (non-hydrogen) atoms. The van der Waals surface area contributed by atoms with Gasteiger partial charge in [-0.25, -0.2) is 9.37 Å². The number of aromatic nitrogens is 1. The first kappa shape index (κ1) is 9.89. The number of alkyl halides is 1. The van der Waals surface area contributed by atoms with Crippen molar-refractivity contribution in [3.05, 3.63) is 23.9 Å². The number of ether oxygens (including phenoxy) is 1. The van der Waals surface area contributed by atoms with Gasteiger partial charge in [0.25, 0.3) is 5.91 Å². The van der Waals surface area contributed by atoms with Gasteiger partial charge in [0, 0.05) is 12.3 Å². The van der Waals surface area contributed by atoms with Gasteiger partial charge in [-0.3, -0.25) is 4.79 Å². The van der Waals surface area contributed by atoms with E-state index in [-0.39, 0.29) is 19.0 Å². The molecule has 2 rings (SSSR count). The molecule has 0 aromatic carbocycles. The van der Waals surface area contributed by atoms with E-state index in [1.807, 2.05) is 0 Å². The maximum atomic E-state index is 12.5. The molecule has 1 aromatic rings. The highest BCUT2D eigenvalue weighted by Crippen LogP contribution is 2.16. The molecule has 2 heterocycles. The highest BCUT2D eigenvalue weighted by Gasteiger charge is 2.30. The van der Waals surface area contributed by atoms with Crippen molar-refractivity contribution >= 4 is 5.91 Å². The fourth-order valence-corrected chi connectivity index (χ4v) is 1.40. The summed E-state index contributed by atoms with van der Waals surface area (Å²) >= 11 is 0. The smallest absolute Gasteiger partial charge is 0.255 e. The maximum absolute atomic E-state index is 12.5. The van der Waals surface area contributed by atoms with Crippen LogP contribution in [0, 0.1) is 0 Å². The van der Waals surface area contributed by atoms with Gasteiger partial charge in [0.05, 0.1) is 25.8 Å². The van der Waals surface area contributed by atoms with Crippen LogP contribution >= 0.6 is 0 Å². The zero-order valence-corrected chi connectivity index (χ0v) is 8.31. The molecule has 80 valence electrons. The molecule has 0 N–H and O–H groups in total. The number of methoxy groups -OCH3 is 1. The number of hydrogen-bond acceptors (Lipinski definition) is 3. The number of halogens is 1. The Bertz CT molecular complexity index is 360. The summed E-state index contributed by atoms with van der Waals surface area (Å²) in [6, 6.07) is 3.24. The second kappa shape index (κ2) is 3.84. The summed E-state index contributed by atoms with van der Waals surface area (Å²) in [6.45, 7) is 0.371. The molecular formula is C10H11FN2O2. The number of nitrogens with zero attached hydrogens (tertiary/aromatic N) is 2. The van der Waals surface area contributed by atoms with Crippen molar-refractivity contribution in [1.82, 2.24) is 9.88 Å². The third kappa shape index (κ3) is 1.91. The average molecular weight is 210 g/mol. The minimum atomic E-state index is -0.875. The average Bonchev–Trinajstić information content (AvgIpc) is 2.24. The molecule has 1 aliphatic rings. The van der Waals surface area contributed by atoms with Crippen LogP contribution in [0.5, 0.6) is 5.88 Å². The number of likely N-dealkylation sites (tertiary alicyclic amines) is 1. The SMILES string of the molecule is COc1ccc(C(=O)N2CC(F)C2)cn1. The van der Waals surface area contributed by atoms with Gasteiger partial charge in [-0.05, 0) is 6.07 Å². The van der Waals surface area contributed by atoms with E-state index < -0.39 is 6.17 Å². The van der Waals surface area contributed by atoms with E-state index in [1.54, 1.807) is 12.1 Å². The predicted molar refractivity (Wildman–Crippen MR) is 51.6 cm³/mol. The Hall–Kier alpha value is -1.65. The molecule has 1 fully saturated rings. The van der Waals surface area contributed by atoms with Gasteiger partial charge in [-0.2, -0.15) is 0 Å². The van der Waals surface area contributed by atoms with Crippen molar-refractivity contribution in [2.45, 2.75) is 6.17 Å². The van der Waals surface area contributed by atoms with Gasteiger partial charge in [0.1, 0.15) is 6.17 Å². The Morgan fingerprint density at radius 1 is 1.60 bits per heavy atom. The first-order chi connectivity index (χ1) is 7.20. The summed E-state index contributed by atoms with van der Waals surface area (Å²) < 4.78 is 17.4. The molecule has 0 radical (unpaired) electrons. The third-order valence-electron chi connectivity index (χ3n) is 2.32. The van der Waals surface area contributed by atoms with Crippen LogP contribution in [0.1, 0.15) is 10.4 Å². The van der Waals surface area contributed by atoms with Gasteiger partial charge in [-0.15, -0.1) is 0 Å². The lowest BCUT2D eigenvalue weighted by atomic mass is 10.1. The van der Waals surface area contributed by atoms with Crippen LogP contribution in [0.15, 0.2) is 18.3 Å². The van der Waals surface area contributed by atoms with Gasteiger partial charge in [0.2, 0.25) is 5.88 Å². The van der Waals surface area contributed by atoms with Crippen LogP contribution < -0.4 is 4.74 Å². The molecule has 4 nitrogen and oxygen atoms in total. The van der Waals surface area contributed by atoms with E-state index in [0.29, 0.717) is 11.4 Å². The predicted octanol–water partition coefficient (Wildman–Crippen LogP) is 0.884. The minimum absolute atomic E-state index is 0.181. The van der Waals surface area contributed by atoms with Crippen LogP contribution in [0.2, 0.25) is 0 Å². The lowest BCUT2D eigenvalue weighted by molar-refractivity contribution is 0.0400. The number of carbonyl (C=O) groups excluding carboxylic acids is 1. The largest absolute Gasteiger partial charge is 0.481 e. The molecule has 1 saturated heterocycles. The molecular weight excluding hydrogens is 199 g/mol. The fraction of sp³-hybridized carbons (Fsp3) is 0.400. The first-order valence-electron chi connectivity index (χ1n) is 4.64. The zero-order chi connectivity index (χ0) is 10.8. The summed E-state index contributed by atoms with van der Waals surface area (Å²) in [4.78, 5) is 17.0. The quantitative estimate of drug-likeness (QED) is 0.727. The van der Waals surface area contributed by atoms with E-state index in [1.165, 1.54) is 18.2 Å². The molecule has 0 bridgehead atoms. The summed E-state index contributed by atoms with van der Waals surface area (Å²) in [6.07, 6.45) is 0.562. The third-order valence-corrected chi connectivity index (χ3v) is 2.32. The molecule has 5 heteroatoms. The van der Waals surface area contributed by atoms with Gasteiger partial charge >= 0.3 is 0 Å². The van der Waals surface area contributed by atoms with Crippen LogP contribution in [-0.2, 0) is 0 Å². The molecule has 0 atom stereocenters. The Kier molecular flexibility index (Phi) is 2.53. The number of hydrogen-bond donors (Lipinski definition) is 0. The van der Waals surface area contributed by atoms with E-state index >= 15 is 0 Å². The monoisotopic (exact) mass is 210 g/mol. The summed E-state index contributed by atoms with van der Waals surface area (Å²) in [5.74, 6) is 0.276. The maximum Gasteiger partial charge on any atom is 0.255 e. The highest BCUT2D eigenvalue weighted by atomic mass is 19.1. The summed E-state index contributed by atoms with van der Waals surface area (Å²) in [5, 5.41) is 0. The van der Waals surface area contributed by atoms with Crippen molar-refractivity contribution in [1.29, 1.82) is 0 Å². The number of rotatable bonds is 2. The topological polar surface area (TPSA) is 42.4 Å². The lowest BCUT2D eigenvalue weighted by Gasteiger charge is -2.34. The van der Waals surface area contributed by atoms with Crippen LogP contribution in [-0.4, -0.2) is 42.2 Å². The Labute approximate surface area is 86.7 Å². The van der Waals surface area contributed by atoms with E-state index in [2.05, 4.69) is 4.98 Å². The van der Waals surface area contributed by atoms with E-state index in [4.69, 9.17) is 4.74 Å². The van der Waals surface area contributed by atoms with Crippen molar-refractivity contribution < 1.29 is 13.9 Å². The second-order valence-electron chi connectivity index (χ2n) is 3.40. The van der Waals surface area contributed by atoms with Gasteiger partial charge < -0.3 is 9.64 Å². The van der Waals surface area contributed by atoms with Crippen LogP contribution in [0.25, 0.3) is 0 Å². The Morgan fingerprint density at radius 2 is 2.33 bits per heavy atom. The van der Waals surface area contributed by atoms with Crippen molar-refractivity contribution in [3.8, 4) is 5.88 Å². The zero-order valence-electron chi connectivity index (χ0n) is 8.31. The summed E-state index contributed by atoms with van der Waals surface area (Å²) in [5.41, 5.74) is 0.461. The normalized spacial score (nSPS) is 16.0. The number of pyridine rings is 1. The molecule has 0 spiro atoms. The summed E-state index contributed by atoms with van der Waals surface area (Å²) in [7, 11) is 1.51. The van der Waals surface area contributed by atoms with Crippen molar-refractivity contribution in [3.63, 3.8) is 0 Å². The Morgan fingerprint density at radius 3 is 2.80 bits per heavy atom. The van der Waals surface area contributed by atoms with Crippen molar-refractivity contribution in [2.75, 3.05) is 20.2 Å². The highest BCUT2D eigenvalue weighted by molar-refractivity contribution is 5.94. The van der Waals surface area contributed by atoms with Gasteiger partial charge in [0.15, 0.2) is 0 Å². The van der Waals surface area contributed by atoms with E-state index in [0.717, 1.165) is 0 Å². The molecule has 1 amide bonds. The fourth-order valence-electron chi connectivity index (χ4n) is 1.40. The molecule has 1 aromatic heterocycles. The van der Waals surface area contributed by atoms with Crippen LogP contribution in [0.4, 0.5) is 4.39 Å². The minimum Gasteiger partial charge on any atom is -0.481 e. The second-order valence-corrected chi connectivity index (χ2v) is 3.40.